The highest BCUT2D eigenvalue weighted by atomic mass is 32.2. The molecular weight excluding hydrogens is 392 g/mol. The summed E-state index contributed by atoms with van der Waals surface area (Å²) in [5.41, 5.74) is 1.35. The number of anilines is 1. The number of hydrogen-bond donors (Lipinski definition) is 1. The summed E-state index contributed by atoms with van der Waals surface area (Å²) in [6.07, 6.45) is 0. The number of para-hydroxylation sites is 2. The lowest BCUT2D eigenvalue weighted by molar-refractivity contribution is 0.201. The van der Waals surface area contributed by atoms with Crippen molar-refractivity contribution in [2.75, 3.05) is 24.7 Å². The van der Waals surface area contributed by atoms with Crippen LogP contribution < -0.4 is 14.2 Å². The minimum atomic E-state index is -3.61. The predicted octanol–water partition coefficient (Wildman–Crippen LogP) is 4.11. The Labute approximate surface area is 172 Å². The summed E-state index contributed by atoms with van der Waals surface area (Å²) in [5, 5.41) is 2.88. The first-order valence-electron chi connectivity index (χ1n) is 9.44. The van der Waals surface area contributed by atoms with Gasteiger partial charge in [0.15, 0.2) is 0 Å². The fourth-order valence-corrected chi connectivity index (χ4v) is 3.24. The number of methoxy groups -OCH3 is 1. The maximum Gasteiger partial charge on any atom is 0.322 e. The molecule has 7 nitrogen and oxygen atoms in total. The van der Waals surface area contributed by atoms with Crippen LogP contribution in [0, 0.1) is 5.92 Å². The molecule has 1 N–H and O–H groups in total. The molecule has 0 bridgehead atoms. The molecule has 2 aromatic rings. The van der Waals surface area contributed by atoms with Crippen molar-refractivity contribution in [2.45, 2.75) is 27.3 Å². The molecule has 0 saturated heterocycles. The second-order valence-electron chi connectivity index (χ2n) is 6.98. The Kier molecular flexibility index (Phi) is 7.90. The summed E-state index contributed by atoms with van der Waals surface area (Å²) in [4.78, 5) is 14.6. The van der Waals surface area contributed by atoms with Gasteiger partial charge >= 0.3 is 16.1 Å². The van der Waals surface area contributed by atoms with Gasteiger partial charge in [0, 0.05) is 13.1 Å². The fourth-order valence-electron chi connectivity index (χ4n) is 2.72. The number of benzene rings is 2. The van der Waals surface area contributed by atoms with Gasteiger partial charge in [-0.2, -0.15) is 8.42 Å². The van der Waals surface area contributed by atoms with E-state index in [4.69, 9.17) is 8.92 Å². The first-order valence-corrected chi connectivity index (χ1v) is 11.0. The van der Waals surface area contributed by atoms with Gasteiger partial charge in [-0.15, -0.1) is 0 Å². The van der Waals surface area contributed by atoms with Crippen LogP contribution in [0.2, 0.25) is 0 Å². The van der Waals surface area contributed by atoms with E-state index < -0.39 is 10.1 Å². The van der Waals surface area contributed by atoms with Crippen molar-refractivity contribution in [1.29, 1.82) is 0 Å². The van der Waals surface area contributed by atoms with Crippen LogP contribution in [-0.4, -0.2) is 38.8 Å². The van der Waals surface area contributed by atoms with E-state index in [0.717, 1.165) is 5.56 Å². The Morgan fingerprint density at radius 1 is 1.14 bits per heavy atom. The topological polar surface area (TPSA) is 84.9 Å². The number of nitrogens with zero attached hydrogens (tertiary/aromatic N) is 1. The van der Waals surface area contributed by atoms with Gasteiger partial charge in [0.2, 0.25) is 0 Å². The quantitative estimate of drug-likeness (QED) is 0.617. The molecule has 158 valence electrons. The van der Waals surface area contributed by atoms with E-state index in [1.807, 2.05) is 32.0 Å². The van der Waals surface area contributed by atoms with Crippen LogP contribution in [0.15, 0.2) is 48.5 Å². The summed E-state index contributed by atoms with van der Waals surface area (Å²) in [6, 6.07) is 13.7. The molecule has 0 unspecified atom stereocenters. The van der Waals surface area contributed by atoms with Gasteiger partial charge in [0.05, 0.1) is 18.6 Å². The molecule has 0 saturated carbocycles. The average molecular weight is 421 g/mol. The van der Waals surface area contributed by atoms with Gasteiger partial charge in [-0.1, -0.05) is 38.1 Å². The number of amides is 2. The van der Waals surface area contributed by atoms with E-state index >= 15 is 0 Å². The number of nitrogens with one attached hydrogen (secondary N) is 1. The maximum atomic E-state index is 12.9. The highest BCUT2D eigenvalue weighted by molar-refractivity contribution is 7.87. The molecule has 0 aliphatic rings. The van der Waals surface area contributed by atoms with E-state index in [2.05, 4.69) is 5.32 Å². The zero-order valence-electron chi connectivity index (χ0n) is 17.2. The largest absolute Gasteiger partial charge is 0.495 e. The first-order chi connectivity index (χ1) is 13.7. The van der Waals surface area contributed by atoms with Gasteiger partial charge in [-0.3, -0.25) is 0 Å². The molecule has 2 rings (SSSR count). The van der Waals surface area contributed by atoms with Crippen molar-refractivity contribution in [2.24, 2.45) is 5.92 Å². The molecule has 2 amide bonds. The number of carbonyl (C=O) groups is 1. The third-order valence-electron chi connectivity index (χ3n) is 4.07. The van der Waals surface area contributed by atoms with Crippen LogP contribution in [-0.2, 0) is 16.7 Å². The molecule has 2 aromatic carbocycles. The summed E-state index contributed by atoms with van der Waals surface area (Å²) in [7, 11) is -2.06. The van der Waals surface area contributed by atoms with Gasteiger partial charge in [-0.25, -0.2) is 4.79 Å². The highest BCUT2D eigenvalue weighted by Crippen LogP contribution is 2.24. The molecule has 0 heterocycles. The molecule has 0 radical (unpaired) electrons. The standard InChI is InChI=1S/C21H28N2O5S/c1-5-29(25,26)28-18-10-8-9-17(13-18)15-23(14-16(2)3)21(24)22-19-11-6-7-12-20(19)27-4/h6-13,16H,5,14-15H2,1-4H3,(H,22,24). The average Bonchev–Trinajstić information content (AvgIpc) is 2.67. The molecule has 8 heteroatoms. The van der Waals surface area contributed by atoms with Crippen LogP contribution >= 0.6 is 0 Å². The molecular formula is C21H28N2O5S. The van der Waals surface area contributed by atoms with Crippen molar-refractivity contribution >= 4 is 21.8 Å². The van der Waals surface area contributed by atoms with Crippen molar-refractivity contribution in [3.63, 3.8) is 0 Å². The zero-order chi connectivity index (χ0) is 21.4. The van der Waals surface area contributed by atoms with E-state index in [1.165, 1.54) is 6.92 Å². The molecule has 0 atom stereocenters. The Hall–Kier alpha value is -2.74. The van der Waals surface area contributed by atoms with Crippen LogP contribution in [0.4, 0.5) is 10.5 Å². The number of rotatable bonds is 9. The van der Waals surface area contributed by atoms with Crippen LogP contribution in [0.25, 0.3) is 0 Å². The Bertz CT molecular complexity index is 928. The van der Waals surface area contributed by atoms with Crippen LogP contribution in [0.1, 0.15) is 26.3 Å². The van der Waals surface area contributed by atoms with Crippen molar-refractivity contribution in [3.05, 3.63) is 54.1 Å². The normalized spacial score (nSPS) is 11.2. The lowest BCUT2D eigenvalue weighted by atomic mass is 10.1. The summed E-state index contributed by atoms with van der Waals surface area (Å²) < 4.78 is 33.8. The monoisotopic (exact) mass is 420 g/mol. The van der Waals surface area contributed by atoms with E-state index in [-0.39, 0.29) is 23.5 Å². The molecule has 29 heavy (non-hydrogen) atoms. The third-order valence-corrected chi connectivity index (χ3v) is 5.22. The second-order valence-corrected chi connectivity index (χ2v) is 8.84. The van der Waals surface area contributed by atoms with Gasteiger partial charge in [-0.05, 0) is 42.7 Å². The van der Waals surface area contributed by atoms with Gasteiger partial charge in [0.1, 0.15) is 11.5 Å². The summed E-state index contributed by atoms with van der Waals surface area (Å²) >= 11 is 0. The van der Waals surface area contributed by atoms with E-state index in [0.29, 0.717) is 24.5 Å². The van der Waals surface area contributed by atoms with Crippen LogP contribution in [0.3, 0.4) is 0 Å². The smallest absolute Gasteiger partial charge is 0.322 e. The summed E-state index contributed by atoms with van der Waals surface area (Å²) in [6.45, 7) is 6.40. The minimum absolute atomic E-state index is 0.113. The molecule has 0 aliphatic carbocycles. The number of urea groups is 1. The molecule has 0 aromatic heterocycles. The predicted molar refractivity (Wildman–Crippen MR) is 114 cm³/mol. The van der Waals surface area contributed by atoms with Gasteiger partial charge < -0.3 is 19.1 Å². The van der Waals surface area contributed by atoms with E-state index in [1.54, 1.807) is 42.3 Å². The fraction of sp³-hybridized carbons (Fsp3) is 0.381. The van der Waals surface area contributed by atoms with Crippen molar-refractivity contribution < 1.29 is 22.1 Å². The second kappa shape index (κ2) is 10.2. The number of carbonyl (C=O) groups excluding carboxylic acids is 1. The first kappa shape index (κ1) is 22.5. The Morgan fingerprint density at radius 3 is 2.52 bits per heavy atom. The zero-order valence-corrected chi connectivity index (χ0v) is 18.0. The summed E-state index contributed by atoms with van der Waals surface area (Å²) in [5.74, 6) is 0.945. The lowest BCUT2D eigenvalue weighted by Gasteiger charge is -2.25. The highest BCUT2D eigenvalue weighted by Gasteiger charge is 2.18. The Balaban J connectivity index is 2.19. The van der Waals surface area contributed by atoms with Crippen molar-refractivity contribution in [3.8, 4) is 11.5 Å². The molecule has 0 fully saturated rings. The Morgan fingerprint density at radius 2 is 1.86 bits per heavy atom. The molecule has 0 aliphatic heterocycles. The van der Waals surface area contributed by atoms with Crippen molar-refractivity contribution in [1.82, 2.24) is 4.90 Å². The number of hydrogen-bond acceptors (Lipinski definition) is 5. The third kappa shape index (κ3) is 6.98. The van der Waals surface area contributed by atoms with Gasteiger partial charge in [0.25, 0.3) is 0 Å². The van der Waals surface area contributed by atoms with E-state index in [9.17, 15) is 13.2 Å². The molecule has 0 spiro atoms. The SMILES string of the molecule is CCS(=O)(=O)Oc1cccc(CN(CC(C)C)C(=O)Nc2ccccc2OC)c1. The number of ether oxygens (including phenoxy) is 1. The minimum Gasteiger partial charge on any atom is -0.495 e. The van der Waals surface area contributed by atoms with Crippen LogP contribution in [0.5, 0.6) is 11.5 Å². The lowest BCUT2D eigenvalue weighted by Crippen LogP contribution is -2.37. The maximum absolute atomic E-state index is 12.9.